The van der Waals surface area contributed by atoms with Crippen molar-refractivity contribution in [2.24, 2.45) is 0 Å². The van der Waals surface area contributed by atoms with E-state index in [1.807, 2.05) is 0 Å². The van der Waals surface area contributed by atoms with Gasteiger partial charge in [-0.3, -0.25) is 0 Å². The summed E-state index contributed by atoms with van der Waals surface area (Å²) < 4.78 is 0. The van der Waals surface area contributed by atoms with Crippen LogP contribution in [0.4, 0.5) is 0 Å². The molecule has 0 radical (unpaired) electrons. The molecule has 0 atom stereocenters. The number of hydrogen-bond acceptors (Lipinski definition) is 0. The molecule has 0 aromatic heterocycles. The highest BCUT2D eigenvalue weighted by atomic mass is 14.1. The minimum atomic E-state index is 1.27. The maximum Gasteiger partial charge on any atom is -0.0274 e. The maximum atomic E-state index is 2.35. The van der Waals surface area contributed by atoms with Crippen LogP contribution in [-0.2, 0) is 6.42 Å². The van der Waals surface area contributed by atoms with Crippen LogP contribution in [0.15, 0.2) is 12.1 Å². The summed E-state index contributed by atoms with van der Waals surface area (Å²) in [7, 11) is 0. The van der Waals surface area contributed by atoms with Crippen LogP contribution in [0.25, 0.3) is 0 Å². The van der Waals surface area contributed by atoms with Gasteiger partial charge in [-0.05, 0) is 50.3 Å². The first kappa shape index (κ1) is 30.3. The molecule has 1 aromatic carbocycles. The Labute approximate surface area is 209 Å². The van der Waals surface area contributed by atoms with Crippen LogP contribution in [0.5, 0.6) is 0 Å². The lowest BCUT2D eigenvalue weighted by Crippen LogP contribution is -1.95. The van der Waals surface area contributed by atoms with E-state index in [1.165, 1.54) is 164 Å². The van der Waals surface area contributed by atoms with Gasteiger partial charge < -0.3 is 0 Å². The molecule has 33 heavy (non-hydrogen) atoms. The second-order valence-corrected chi connectivity index (χ2v) is 11.1. The topological polar surface area (TPSA) is 0 Å². The van der Waals surface area contributed by atoms with E-state index in [4.69, 9.17) is 0 Å². The molecule has 192 valence electrons. The summed E-state index contributed by atoms with van der Waals surface area (Å²) in [4.78, 5) is 0. The largest absolute Gasteiger partial charge is 0.0654 e. The zero-order valence-electron chi connectivity index (χ0n) is 23.4. The molecular formula is C33H60. The first-order valence-corrected chi connectivity index (χ1v) is 15.2. The summed E-state index contributed by atoms with van der Waals surface area (Å²) in [6.45, 7) is 9.09. The molecule has 0 aliphatic rings. The number of hydrogen-bond donors (Lipinski definition) is 0. The number of aryl methyl sites for hydroxylation is 3. The number of rotatable bonds is 23. The van der Waals surface area contributed by atoms with Crippen LogP contribution in [0, 0.1) is 20.8 Å². The van der Waals surface area contributed by atoms with Crippen molar-refractivity contribution in [1.29, 1.82) is 0 Å². The van der Waals surface area contributed by atoms with Gasteiger partial charge in [0.2, 0.25) is 0 Å². The minimum absolute atomic E-state index is 1.27. The van der Waals surface area contributed by atoms with E-state index < -0.39 is 0 Å². The molecular weight excluding hydrogens is 396 g/mol. The fourth-order valence-corrected chi connectivity index (χ4v) is 5.51. The van der Waals surface area contributed by atoms with Gasteiger partial charge >= 0.3 is 0 Å². The van der Waals surface area contributed by atoms with Crippen molar-refractivity contribution in [3.05, 3.63) is 34.4 Å². The van der Waals surface area contributed by atoms with Crippen LogP contribution >= 0.6 is 0 Å². The van der Waals surface area contributed by atoms with Crippen LogP contribution in [0.2, 0.25) is 0 Å². The third-order valence-corrected chi connectivity index (χ3v) is 7.62. The Kier molecular flexibility index (Phi) is 19.9. The monoisotopic (exact) mass is 456 g/mol. The summed E-state index contributed by atoms with van der Waals surface area (Å²) in [5, 5.41) is 0. The fraction of sp³-hybridized carbons (Fsp3) is 0.818. The molecule has 0 unspecified atom stereocenters. The van der Waals surface area contributed by atoms with Crippen LogP contribution in [0.3, 0.4) is 0 Å². The van der Waals surface area contributed by atoms with Gasteiger partial charge in [0.05, 0.1) is 0 Å². The van der Waals surface area contributed by atoms with E-state index in [9.17, 15) is 0 Å². The Hall–Kier alpha value is -0.780. The van der Waals surface area contributed by atoms with Gasteiger partial charge in [-0.1, -0.05) is 159 Å². The van der Waals surface area contributed by atoms with E-state index in [-0.39, 0.29) is 0 Å². The highest BCUT2D eigenvalue weighted by molar-refractivity contribution is 5.37. The molecule has 0 aliphatic carbocycles. The molecule has 0 saturated heterocycles. The van der Waals surface area contributed by atoms with Crippen molar-refractivity contribution in [2.75, 3.05) is 0 Å². The summed E-state index contributed by atoms with van der Waals surface area (Å²) in [5.41, 5.74) is 6.00. The van der Waals surface area contributed by atoms with Gasteiger partial charge in [0.1, 0.15) is 0 Å². The molecule has 0 amide bonds. The van der Waals surface area contributed by atoms with Gasteiger partial charge in [0.15, 0.2) is 0 Å². The lowest BCUT2D eigenvalue weighted by Gasteiger charge is -2.11. The Morgan fingerprint density at radius 3 is 0.970 bits per heavy atom. The SMILES string of the molecule is CCCCCCCCCCCCCCCCCCCCCCCCc1c(C)cc(C)cc1C. The van der Waals surface area contributed by atoms with Gasteiger partial charge in [0.25, 0.3) is 0 Å². The van der Waals surface area contributed by atoms with E-state index in [0.717, 1.165) is 0 Å². The molecule has 1 rings (SSSR count). The Bertz CT molecular complexity index is 532. The van der Waals surface area contributed by atoms with E-state index in [2.05, 4.69) is 39.8 Å². The average Bonchev–Trinajstić information content (AvgIpc) is 2.78. The molecule has 0 N–H and O–H groups in total. The molecule has 0 heteroatoms. The van der Waals surface area contributed by atoms with Gasteiger partial charge in [-0.25, -0.2) is 0 Å². The van der Waals surface area contributed by atoms with Crippen molar-refractivity contribution in [3.8, 4) is 0 Å². The first-order chi connectivity index (χ1) is 16.1. The zero-order valence-corrected chi connectivity index (χ0v) is 23.4. The third kappa shape index (κ3) is 17.3. The number of benzene rings is 1. The van der Waals surface area contributed by atoms with E-state index >= 15 is 0 Å². The molecule has 0 fully saturated rings. The van der Waals surface area contributed by atoms with Crippen molar-refractivity contribution < 1.29 is 0 Å². The molecule has 0 bridgehead atoms. The van der Waals surface area contributed by atoms with Crippen LogP contribution < -0.4 is 0 Å². The van der Waals surface area contributed by atoms with Gasteiger partial charge in [-0.2, -0.15) is 0 Å². The van der Waals surface area contributed by atoms with Crippen molar-refractivity contribution in [3.63, 3.8) is 0 Å². The number of unbranched alkanes of at least 4 members (excludes halogenated alkanes) is 21. The Morgan fingerprint density at radius 2 is 0.667 bits per heavy atom. The Balaban J connectivity index is 1.76. The zero-order chi connectivity index (χ0) is 24.0. The second-order valence-electron chi connectivity index (χ2n) is 11.1. The maximum absolute atomic E-state index is 2.35. The molecule has 0 nitrogen and oxygen atoms in total. The quantitative estimate of drug-likeness (QED) is 0.144. The molecule has 0 aliphatic heterocycles. The van der Waals surface area contributed by atoms with Gasteiger partial charge in [-0.15, -0.1) is 0 Å². The molecule has 1 aromatic rings. The summed E-state index contributed by atoms with van der Waals surface area (Å²) in [6, 6.07) is 4.70. The standard InChI is InChI=1S/C33H60/c1-5-6-7-8-9-10-11-12-13-14-15-16-17-18-19-20-21-22-23-24-25-26-27-33-31(3)28-30(2)29-32(33)4/h28-29H,5-27H2,1-4H3. The normalized spacial score (nSPS) is 11.4. The van der Waals surface area contributed by atoms with E-state index in [1.54, 1.807) is 5.56 Å². The Morgan fingerprint density at radius 1 is 0.394 bits per heavy atom. The van der Waals surface area contributed by atoms with Crippen molar-refractivity contribution >= 4 is 0 Å². The predicted molar refractivity (Wildman–Crippen MR) is 152 cm³/mol. The lowest BCUT2D eigenvalue weighted by atomic mass is 9.95. The van der Waals surface area contributed by atoms with Crippen molar-refractivity contribution in [1.82, 2.24) is 0 Å². The second kappa shape index (κ2) is 21.7. The van der Waals surface area contributed by atoms with Gasteiger partial charge in [0, 0.05) is 0 Å². The highest BCUT2D eigenvalue weighted by Crippen LogP contribution is 2.20. The summed E-state index contributed by atoms with van der Waals surface area (Å²) in [5.74, 6) is 0. The van der Waals surface area contributed by atoms with Crippen LogP contribution in [0.1, 0.15) is 170 Å². The average molecular weight is 457 g/mol. The molecule has 0 heterocycles. The fourth-order valence-electron chi connectivity index (χ4n) is 5.51. The first-order valence-electron chi connectivity index (χ1n) is 15.2. The predicted octanol–water partition coefficient (Wildman–Crippen LogP) is 11.8. The molecule has 0 spiro atoms. The smallest absolute Gasteiger partial charge is 0.0274 e. The summed E-state index contributed by atoms with van der Waals surface area (Å²) >= 11 is 0. The summed E-state index contributed by atoms with van der Waals surface area (Å²) in [6.07, 6.45) is 33.4. The highest BCUT2D eigenvalue weighted by Gasteiger charge is 2.03. The van der Waals surface area contributed by atoms with Crippen molar-refractivity contribution in [2.45, 2.75) is 175 Å². The van der Waals surface area contributed by atoms with Crippen LogP contribution in [-0.4, -0.2) is 0 Å². The lowest BCUT2D eigenvalue weighted by molar-refractivity contribution is 0.519. The van der Waals surface area contributed by atoms with E-state index in [0.29, 0.717) is 0 Å². The minimum Gasteiger partial charge on any atom is -0.0654 e. The third-order valence-electron chi connectivity index (χ3n) is 7.62. The molecule has 0 saturated carbocycles.